The lowest BCUT2D eigenvalue weighted by Gasteiger charge is -2.29. The molecule has 0 saturated heterocycles. The van der Waals surface area contributed by atoms with Crippen molar-refractivity contribution in [2.45, 2.75) is 38.3 Å². The molecule has 3 atom stereocenters. The number of carbonyl (C=O) groups excluding carboxylic acids is 3. The van der Waals surface area contributed by atoms with Crippen molar-refractivity contribution in [2.24, 2.45) is 23.5 Å². The largest absolute Gasteiger partial charge is 0.369 e. The van der Waals surface area contributed by atoms with Gasteiger partial charge >= 0.3 is 0 Å². The number of fused-ring (bicyclic) bond motifs is 1. The molecule has 1 saturated carbocycles. The zero-order valence-electron chi connectivity index (χ0n) is 26.5. The Kier molecular flexibility index (Phi) is 10.2. The summed E-state index contributed by atoms with van der Waals surface area (Å²) in [5.41, 5.74) is 10.9. The van der Waals surface area contributed by atoms with Crippen molar-refractivity contribution < 1.29 is 14.4 Å². The van der Waals surface area contributed by atoms with E-state index in [9.17, 15) is 14.4 Å². The summed E-state index contributed by atoms with van der Waals surface area (Å²) in [6.45, 7) is 4.23. The lowest BCUT2D eigenvalue weighted by atomic mass is 9.84. The minimum absolute atomic E-state index is 0.196. The summed E-state index contributed by atoms with van der Waals surface area (Å²) >= 11 is 12.7. The van der Waals surface area contributed by atoms with E-state index in [1.165, 1.54) is 0 Å². The highest BCUT2D eigenvalue weighted by Crippen LogP contribution is 2.40. The quantitative estimate of drug-likeness (QED) is 0.149. The molecule has 0 spiro atoms. The monoisotopic (exact) mass is 680 g/mol. The fourth-order valence-electron chi connectivity index (χ4n) is 6.56. The van der Waals surface area contributed by atoms with Crippen LogP contribution in [0.3, 0.4) is 0 Å². The number of anilines is 3. The second-order valence-corrected chi connectivity index (χ2v) is 13.4. The van der Waals surface area contributed by atoms with E-state index in [0.717, 1.165) is 40.9 Å². The van der Waals surface area contributed by atoms with Gasteiger partial charge in [-0.15, -0.1) is 6.58 Å². The Bertz CT molecular complexity index is 1830. The number of carbonyl (C=O) groups is 3. The summed E-state index contributed by atoms with van der Waals surface area (Å²) in [7, 11) is 0. The van der Waals surface area contributed by atoms with Crippen molar-refractivity contribution in [3.05, 3.63) is 125 Å². The van der Waals surface area contributed by atoms with Crippen LogP contribution in [0.4, 0.5) is 17.1 Å². The maximum Gasteiger partial charge on any atom is 0.251 e. The Balaban J connectivity index is 1.38. The number of primary amides is 1. The molecule has 9 heteroatoms. The normalized spacial score (nSPS) is 17.2. The topological polar surface area (TPSA) is 95.7 Å². The average molecular weight is 682 g/mol. The van der Waals surface area contributed by atoms with E-state index < -0.39 is 23.8 Å². The standard InChI is InChI=1S/C39H38Cl2N4O3/c1-2-9-31(37(42)46)32(21-25-16-17-25)38(47)43-34-24-44(29-12-4-3-5-13-29)35-14-6-7-15-36(35)45(39(34)48)23-26-10-8-11-27(20-26)30-19-18-28(40)22-33(30)41/h2-8,10-15,18-20,22,25,31-32,34H,1,9,16-17,21,23-24H2,(H2,42,46)(H,43,47). The Hall–Kier alpha value is -4.59. The van der Waals surface area contributed by atoms with Crippen LogP contribution in [0.5, 0.6) is 0 Å². The van der Waals surface area contributed by atoms with E-state index in [1.54, 1.807) is 23.1 Å². The van der Waals surface area contributed by atoms with Gasteiger partial charge in [0.15, 0.2) is 0 Å². The van der Waals surface area contributed by atoms with Crippen molar-refractivity contribution in [1.29, 1.82) is 0 Å². The third kappa shape index (κ3) is 7.43. The number of nitrogens with two attached hydrogens (primary N) is 1. The number of nitrogens with one attached hydrogen (secondary N) is 1. The summed E-state index contributed by atoms with van der Waals surface area (Å²) in [6.07, 6.45) is 4.48. The highest BCUT2D eigenvalue weighted by Gasteiger charge is 2.40. The zero-order chi connectivity index (χ0) is 33.8. The maximum absolute atomic E-state index is 14.7. The number of hydrogen-bond donors (Lipinski definition) is 2. The van der Waals surface area contributed by atoms with Crippen LogP contribution in [0.25, 0.3) is 11.1 Å². The van der Waals surface area contributed by atoms with Crippen molar-refractivity contribution >= 4 is 58.0 Å². The lowest BCUT2D eigenvalue weighted by Crippen LogP contribution is -2.54. The van der Waals surface area contributed by atoms with Gasteiger partial charge < -0.3 is 20.9 Å². The molecule has 3 N–H and O–H groups in total. The van der Waals surface area contributed by atoms with Crippen LogP contribution in [0, 0.1) is 17.8 Å². The molecule has 6 rings (SSSR count). The molecule has 0 bridgehead atoms. The van der Waals surface area contributed by atoms with Gasteiger partial charge in [0.1, 0.15) is 6.04 Å². The van der Waals surface area contributed by atoms with Crippen molar-refractivity contribution in [3.8, 4) is 11.1 Å². The summed E-state index contributed by atoms with van der Waals surface area (Å²) < 4.78 is 0. The first-order valence-electron chi connectivity index (χ1n) is 16.2. The smallest absolute Gasteiger partial charge is 0.251 e. The van der Waals surface area contributed by atoms with Gasteiger partial charge in [0, 0.05) is 21.3 Å². The molecule has 1 heterocycles. The van der Waals surface area contributed by atoms with Crippen LogP contribution in [0.1, 0.15) is 31.2 Å². The van der Waals surface area contributed by atoms with Crippen molar-refractivity contribution in [1.82, 2.24) is 5.32 Å². The summed E-state index contributed by atoms with van der Waals surface area (Å²) in [6, 6.07) is 29.9. The van der Waals surface area contributed by atoms with Gasteiger partial charge in [-0.25, -0.2) is 0 Å². The first-order chi connectivity index (χ1) is 23.2. The lowest BCUT2D eigenvalue weighted by molar-refractivity contribution is -0.135. The van der Waals surface area contributed by atoms with Crippen LogP contribution in [-0.4, -0.2) is 30.3 Å². The summed E-state index contributed by atoms with van der Waals surface area (Å²) in [4.78, 5) is 45.2. The summed E-state index contributed by atoms with van der Waals surface area (Å²) in [5.74, 6) is -2.14. The number of para-hydroxylation sites is 3. The van der Waals surface area contributed by atoms with E-state index >= 15 is 0 Å². The number of amides is 3. The van der Waals surface area contributed by atoms with Crippen LogP contribution < -0.4 is 20.9 Å². The van der Waals surface area contributed by atoms with Gasteiger partial charge in [0.05, 0.1) is 36.3 Å². The third-order valence-corrected chi connectivity index (χ3v) is 9.73. The Morgan fingerprint density at radius 2 is 1.65 bits per heavy atom. The van der Waals surface area contributed by atoms with Crippen LogP contribution in [0.2, 0.25) is 10.0 Å². The summed E-state index contributed by atoms with van der Waals surface area (Å²) in [5, 5.41) is 4.17. The average Bonchev–Trinajstić information content (AvgIpc) is 3.92. The third-order valence-electron chi connectivity index (χ3n) is 9.18. The molecule has 0 radical (unpaired) electrons. The highest BCUT2D eigenvalue weighted by atomic mass is 35.5. The number of halogens is 2. The molecule has 3 unspecified atom stereocenters. The van der Waals surface area contributed by atoms with Crippen LogP contribution in [-0.2, 0) is 20.9 Å². The van der Waals surface area contributed by atoms with E-state index in [-0.39, 0.29) is 24.9 Å². The van der Waals surface area contributed by atoms with Crippen molar-refractivity contribution in [2.75, 3.05) is 16.3 Å². The van der Waals surface area contributed by atoms with E-state index in [1.807, 2.05) is 84.9 Å². The molecule has 48 heavy (non-hydrogen) atoms. The second-order valence-electron chi connectivity index (χ2n) is 12.6. The molecule has 3 amide bonds. The first-order valence-corrected chi connectivity index (χ1v) is 17.0. The Labute approximate surface area is 291 Å². The number of rotatable bonds is 12. The minimum Gasteiger partial charge on any atom is -0.369 e. The predicted octanol–water partition coefficient (Wildman–Crippen LogP) is 7.92. The van der Waals surface area contributed by atoms with Gasteiger partial charge in [-0.3, -0.25) is 14.4 Å². The zero-order valence-corrected chi connectivity index (χ0v) is 28.0. The van der Waals surface area contributed by atoms with Gasteiger partial charge in [0.2, 0.25) is 11.8 Å². The number of nitrogens with zero attached hydrogens (tertiary/aromatic N) is 2. The van der Waals surface area contributed by atoms with E-state index in [4.69, 9.17) is 28.9 Å². The number of benzene rings is 4. The SMILES string of the molecule is C=CCC(C(N)=O)C(CC1CC1)C(=O)NC1CN(c2ccccc2)c2ccccc2N(Cc2cccc(-c3ccc(Cl)cc3Cl)c2)C1=O. The molecule has 2 aliphatic rings. The predicted molar refractivity (Wildman–Crippen MR) is 193 cm³/mol. The van der Waals surface area contributed by atoms with Crippen LogP contribution in [0.15, 0.2) is 110 Å². The molecule has 4 aromatic rings. The van der Waals surface area contributed by atoms with Crippen LogP contribution >= 0.6 is 23.2 Å². The minimum atomic E-state index is -0.919. The Morgan fingerprint density at radius 3 is 2.33 bits per heavy atom. The number of hydrogen-bond acceptors (Lipinski definition) is 4. The fourth-order valence-corrected chi connectivity index (χ4v) is 7.07. The molecule has 0 aromatic heterocycles. The first kappa shape index (κ1) is 33.3. The van der Waals surface area contributed by atoms with Gasteiger partial charge in [-0.2, -0.15) is 0 Å². The van der Waals surface area contributed by atoms with E-state index in [0.29, 0.717) is 34.5 Å². The fraction of sp³-hybridized carbons (Fsp3) is 0.256. The Morgan fingerprint density at radius 1 is 0.917 bits per heavy atom. The molecule has 246 valence electrons. The molecular weight excluding hydrogens is 643 g/mol. The maximum atomic E-state index is 14.7. The number of allylic oxidation sites excluding steroid dienone is 1. The molecular formula is C39H38Cl2N4O3. The molecule has 1 aliphatic carbocycles. The molecule has 4 aromatic carbocycles. The molecule has 1 fully saturated rings. The molecule has 7 nitrogen and oxygen atoms in total. The van der Waals surface area contributed by atoms with Crippen molar-refractivity contribution in [3.63, 3.8) is 0 Å². The second kappa shape index (κ2) is 14.7. The van der Waals surface area contributed by atoms with Gasteiger partial charge in [-0.1, -0.05) is 96.7 Å². The van der Waals surface area contributed by atoms with Gasteiger partial charge in [-0.05, 0) is 72.4 Å². The van der Waals surface area contributed by atoms with Gasteiger partial charge in [0.25, 0.3) is 5.91 Å². The highest BCUT2D eigenvalue weighted by molar-refractivity contribution is 6.36. The van der Waals surface area contributed by atoms with E-state index in [2.05, 4.69) is 16.8 Å². The molecule has 1 aliphatic heterocycles.